The second-order valence-electron chi connectivity index (χ2n) is 3.37. The van der Waals surface area contributed by atoms with Crippen LogP contribution in [0.4, 0.5) is 8.78 Å². The number of hydrogen-bond donors (Lipinski definition) is 0. The number of halogens is 3. The van der Waals surface area contributed by atoms with Crippen LogP contribution in [0, 0.1) is 0 Å². The summed E-state index contributed by atoms with van der Waals surface area (Å²) < 4.78 is 35.4. The number of carbonyl (C=O) groups excluding carboxylic acids is 1. The topological polar surface area (TPSA) is 48.4 Å². The average molecular weight is 280 g/mol. The summed E-state index contributed by atoms with van der Waals surface area (Å²) in [5.74, 6) is -0.761. The van der Waals surface area contributed by atoms with E-state index in [0.29, 0.717) is 0 Å². The molecule has 0 saturated heterocycles. The molecule has 7 heteroatoms. The molecule has 0 N–H and O–H groups in total. The number of nitrogens with zero attached hydrogens (tertiary/aromatic N) is 1. The number of hydrogen-bond acceptors (Lipinski definition) is 4. The van der Waals surface area contributed by atoms with Gasteiger partial charge in [-0.1, -0.05) is 0 Å². The van der Waals surface area contributed by atoms with E-state index in [-0.39, 0.29) is 34.9 Å². The number of ether oxygens (including phenoxy) is 2. The molecule has 1 aromatic heterocycles. The number of aromatic nitrogens is 1. The molecule has 0 aliphatic rings. The van der Waals surface area contributed by atoms with Gasteiger partial charge in [-0.25, -0.2) is 13.8 Å². The summed E-state index contributed by atoms with van der Waals surface area (Å²) in [6, 6.07) is 0. The van der Waals surface area contributed by atoms with Crippen LogP contribution in [0.25, 0.3) is 0 Å². The Balaban J connectivity index is 3.30. The lowest BCUT2D eigenvalue weighted by molar-refractivity contribution is -0.139. The molecular formula is C11H12ClF2NO3. The smallest absolute Gasteiger partial charge is 0.310 e. The number of carbonyl (C=O) groups is 1. The molecule has 4 nitrogen and oxygen atoms in total. The second-order valence-corrected chi connectivity index (χ2v) is 3.64. The molecule has 0 unspecified atom stereocenters. The Morgan fingerprint density at radius 3 is 2.61 bits per heavy atom. The van der Waals surface area contributed by atoms with Crippen molar-refractivity contribution in [3.63, 3.8) is 0 Å². The molecule has 100 valence electrons. The monoisotopic (exact) mass is 279 g/mol. The Bertz CT molecular complexity index is 441. The Labute approximate surface area is 108 Å². The predicted octanol–water partition coefficient (Wildman–Crippen LogP) is 2.48. The lowest BCUT2D eigenvalue weighted by Crippen LogP contribution is -2.10. The molecule has 0 atom stereocenters. The first-order valence-electron chi connectivity index (χ1n) is 5.00. The maximum atomic E-state index is 13.1. The third-order valence-electron chi connectivity index (χ3n) is 2.37. The predicted molar refractivity (Wildman–Crippen MR) is 61.0 cm³/mol. The van der Waals surface area contributed by atoms with Crippen molar-refractivity contribution < 1.29 is 23.0 Å². The molecule has 0 aliphatic carbocycles. The molecule has 1 aromatic rings. The molecule has 0 bridgehead atoms. The average Bonchev–Trinajstić information content (AvgIpc) is 2.37. The lowest BCUT2D eigenvalue weighted by atomic mass is 10.0. The fourth-order valence-electron chi connectivity index (χ4n) is 1.54. The SMILES string of the molecule is COC(=O)Cc1cnc(OC)c(CCl)c1C(F)F. The number of methoxy groups -OCH3 is 2. The van der Waals surface area contributed by atoms with Crippen LogP contribution >= 0.6 is 11.6 Å². The number of esters is 1. The van der Waals surface area contributed by atoms with Gasteiger partial charge in [0.25, 0.3) is 6.43 Å². The van der Waals surface area contributed by atoms with Crippen LogP contribution < -0.4 is 4.74 Å². The van der Waals surface area contributed by atoms with Gasteiger partial charge in [0, 0.05) is 17.3 Å². The van der Waals surface area contributed by atoms with E-state index in [1.54, 1.807) is 0 Å². The Morgan fingerprint density at radius 2 is 2.17 bits per heavy atom. The molecular weight excluding hydrogens is 268 g/mol. The normalized spacial score (nSPS) is 10.6. The van der Waals surface area contributed by atoms with Crippen molar-refractivity contribution in [2.24, 2.45) is 0 Å². The Kier molecular flexibility index (Phi) is 5.27. The van der Waals surface area contributed by atoms with Gasteiger partial charge < -0.3 is 9.47 Å². The first-order chi connectivity index (χ1) is 8.54. The zero-order chi connectivity index (χ0) is 13.7. The fraction of sp³-hybridized carbons (Fsp3) is 0.455. The van der Waals surface area contributed by atoms with Crippen LogP contribution in [0.3, 0.4) is 0 Å². The van der Waals surface area contributed by atoms with Crippen molar-refractivity contribution in [1.82, 2.24) is 4.98 Å². The number of alkyl halides is 3. The van der Waals surface area contributed by atoms with Crippen LogP contribution in [0.5, 0.6) is 5.88 Å². The summed E-state index contributed by atoms with van der Waals surface area (Å²) in [5, 5.41) is 0. The van der Waals surface area contributed by atoms with Crippen LogP contribution in [-0.4, -0.2) is 25.2 Å². The Hall–Kier alpha value is -1.43. The van der Waals surface area contributed by atoms with E-state index in [0.717, 1.165) is 0 Å². The summed E-state index contributed by atoms with van der Waals surface area (Å²) in [6.07, 6.45) is -1.88. The van der Waals surface area contributed by atoms with Crippen LogP contribution in [0.1, 0.15) is 23.1 Å². The minimum Gasteiger partial charge on any atom is -0.481 e. The molecule has 0 aliphatic heterocycles. The van der Waals surface area contributed by atoms with Gasteiger partial charge in [-0.3, -0.25) is 4.79 Å². The zero-order valence-corrected chi connectivity index (χ0v) is 10.6. The summed E-state index contributed by atoms with van der Waals surface area (Å²) in [4.78, 5) is 15.0. The molecule has 1 rings (SSSR count). The summed E-state index contributed by atoms with van der Waals surface area (Å²) in [6.45, 7) is 0. The Morgan fingerprint density at radius 1 is 1.50 bits per heavy atom. The third-order valence-corrected chi connectivity index (χ3v) is 2.64. The van der Waals surface area contributed by atoms with Gasteiger partial charge in [-0.2, -0.15) is 0 Å². The van der Waals surface area contributed by atoms with E-state index < -0.39 is 12.4 Å². The van der Waals surface area contributed by atoms with Crippen molar-refractivity contribution in [3.05, 3.63) is 22.9 Å². The van der Waals surface area contributed by atoms with E-state index in [4.69, 9.17) is 16.3 Å². The van der Waals surface area contributed by atoms with Gasteiger partial charge in [-0.15, -0.1) is 11.6 Å². The lowest BCUT2D eigenvalue weighted by Gasteiger charge is -2.14. The molecule has 0 saturated carbocycles. The summed E-state index contributed by atoms with van der Waals surface area (Å²) in [5.41, 5.74) is -0.133. The summed E-state index contributed by atoms with van der Waals surface area (Å²) >= 11 is 5.63. The maximum Gasteiger partial charge on any atom is 0.310 e. The van der Waals surface area contributed by atoms with Crippen LogP contribution in [-0.2, 0) is 21.8 Å². The maximum absolute atomic E-state index is 13.1. The van der Waals surface area contributed by atoms with Gasteiger partial charge in [0.05, 0.1) is 26.5 Å². The summed E-state index contributed by atoms with van der Waals surface area (Å²) in [7, 11) is 2.50. The minimum atomic E-state index is -2.77. The van der Waals surface area contributed by atoms with E-state index in [1.165, 1.54) is 20.4 Å². The first kappa shape index (κ1) is 14.6. The van der Waals surface area contributed by atoms with Crippen molar-refractivity contribution >= 4 is 17.6 Å². The van der Waals surface area contributed by atoms with E-state index in [1.807, 2.05) is 0 Å². The molecule has 0 aromatic carbocycles. The standard InChI is InChI=1S/C11H12ClF2NO3/c1-17-8(16)3-6-5-15-11(18-2)7(4-12)9(6)10(13)14/h5,10H,3-4H2,1-2H3. The van der Waals surface area contributed by atoms with Gasteiger partial charge in [0.2, 0.25) is 5.88 Å². The van der Waals surface area contributed by atoms with Gasteiger partial charge >= 0.3 is 5.97 Å². The molecule has 0 radical (unpaired) electrons. The second kappa shape index (κ2) is 6.49. The molecule has 18 heavy (non-hydrogen) atoms. The first-order valence-corrected chi connectivity index (χ1v) is 5.54. The van der Waals surface area contributed by atoms with Crippen molar-refractivity contribution in [3.8, 4) is 5.88 Å². The van der Waals surface area contributed by atoms with Crippen molar-refractivity contribution in [1.29, 1.82) is 0 Å². The van der Waals surface area contributed by atoms with Crippen LogP contribution in [0.15, 0.2) is 6.20 Å². The van der Waals surface area contributed by atoms with Crippen molar-refractivity contribution in [2.75, 3.05) is 14.2 Å². The molecule has 0 fully saturated rings. The van der Waals surface area contributed by atoms with Gasteiger partial charge in [-0.05, 0) is 5.56 Å². The highest BCUT2D eigenvalue weighted by Gasteiger charge is 2.23. The highest BCUT2D eigenvalue weighted by Crippen LogP contribution is 2.32. The number of rotatable bonds is 5. The largest absolute Gasteiger partial charge is 0.481 e. The van der Waals surface area contributed by atoms with Gasteiger partial charge in [0.1, 0.15) is 0 Å². The zero-order valence-electron chi connectivity index (χ0n) is 9.87. The minimum absolute atomic E-state index is 0.0360. The molecule has 0 spiro atoms. The van der Waals surface area contributed by atoms with E-state index in [2.05, 4.69) is 9.72 Å². The third kappa shape index (κ3) is 3.07. The number of pyridine rings is 1. The quantitative estimate of drug-likeness (QED) is 0.614. The van der Waals surface area contributed by atoms with Crippen LogP contribution in [0.2, 0.25) is 0 Å². The van der Waals surface area contributed by atoms with E-state index in [9.17, 15) is 13.6 Å². The van der Waals surface area contributed by atoms with Crippen molar-refractivity contribution in [2.45, 2.75) is 18.7 Å². The van der Waals surface area contributed by atoms with E-state index >= 15 is 0 Å². The van der Waals surface area contributed by atoms with Gasteiger partial charge in [0.15, 0.2) is 0 Å². The fourth-order valence-corrected chi connectivity index (χ4v) is 1.80. The molecule has 0 amide bonds. The highest BCUT2D eigenvalue weighted by molar-refractivity contribution is 6.17. The highest BCUT2D eigenvalue weighted by atomic mass is 35.5. The molecule has 1 heterocycles.